The predicted octanol–water partition coefficient (Wildman–Crippen LogP) is 9.09. The van der Waals surface area contributed by atoms with Crippen LogP contribution >= 0.6 is 45.3 Å². The van der Waals surface area contributed by atoms with Crippen LogP contribution in [0.15, 0.2) is 29.6 Å². The largest absolute Gasteiger partial charge is 0.293 e. The molecule has 5 heteroatoms. The van der Waals surface area contributed by atoms with Gasteiger partial charge in [0, 0.05) is 36.0 Å². The maximum atomic E-state index is 12.6. The molecule has 1 aromatic carbocycles. The molecule has 5 aromatic rings. The van der Waals surface area contributed by atoms with E-state index in [2.05, 4.69) is 36.6 Å². The summed E-state index contributed by atoms with van der Waals surface area (Å²) in [6.45, 7) is 2.22. The summed E-state index contributed by atoms with van der Waals surface area (Å²) in [6, 6.07) is 9.05. The summed E-state index contributed by atoms with van der Waals surface area (Å²) in [6.07, 6.45) is 6.68. The second-order valence-electron chi connectivity index (χ2n) is 7.05. The second-order valence-corrected chi connectivity index (χ2v) is 11.2. The van der Waals surface area contributed by atoms with Crippen molar-refractivity contribution in [2.24, 2.45) is 0 Å². The topological polar surface area (TPSA) is 17.1 Å². The first-order valence-corrected chi connectivity index (χ1v) is 12.9. The summed E-state index contributed by atoms with van der Waals surface area (Å²) < 4.78 is 8.06. The maximum absolute atomic E-state index is 12.6. The molecule has 4 aromatic heterocycles. The number of ketones is 1. The number of hydrogen-bond acceptors (Lipinski definition) is 5. The average molecular weight is 429 g/mol. The molecule has 0 aliphatic heterocycles. The first kappa shape index (κ1) is 17.8. The SMILES string of the molecule is CCCCCCCC(=O)c1cc2sc3cc4c(cc3c2s1)sc1ccsc14. The van der Waals surface area contributed by atoms with E-state index >= 15 is 0 Å². The lowest BCUT2D eigenvalue weighted by atomic mass is 10.1. The van der Waals surface area contributed by atoms with Gasteiger partial charge in [-0.15, -0.1) is 45.3 Å². The van der Waals surface area contributed by atoms with E-state index in [1.54, 1.807) is 11.3 Å². The van der Waals surface area contributed by atoms with Crippen molar-refractivity contribution in [3.63, 3.8) is 0 Å². The highest BCUT2D eigenvalue weighted by Gasteiger charge is 2.16. The van der Waals surface area contributed by atoms with E-state index in [-0.39, 0.29) is 0 Å². The Morgan fingerprint density at radius 1 is 0.815 bits per heavy atom. The molecule has 0 atom stereocenters. The minimum absolute atomic E-state index is 0.325. The molecular formula is C22H20OS4. The van der Waals surface area contributed by atoms with Crippen molar-refractivity contribution in [1.29, 1.82) is 0 Å². The van der Waals surface area contributed by atoms with Crippen LogP contribution in [0.25, 0.3) is 39.0 Å². The van der Waals surface area contributed by atoms with Gasteiger partial charge in [-0.1, -0.05) is 32.6 Å². The number of hydrogen-bond donors (Lipinski definition) is 0. The van der Waals surface area contributed by atoms with Gasteiger partial charge < -0.3 is 0 Å². The van der Waals surface area contributed by atoms with Gasteiger partial charge >= 0.3 is 0 Å². The van der Waals surface area contributed by atoms with E-state index in [0.717, 1.165) is 11.3 Å². The molecule has 0 radical (unpaired) electrons. The summed E-state index contributed by atoms with van der Waals surface area (Å²) in [5, 5.41) is 4.89. The number of unbranched alkanes of at least 4 members (excludes halogenated alkanes) is 4. The number of carbonyl (C=O) groups excluding carboxylic acids is 1. The quantitative estimate of drug-likeness (QED) is 0.186. The lowest BCUT2D eigenvalue weighted by Crippen LogP contribution is -1.95. The summed E-state index contributed by atoms with van der Waals surface area (Å²) in [4.78, 5) is 13.5. The Bertz CT molecular complexity index is 1260. The van der Waals surface area contributed by atoms with Gasteiger partial charge in [-0.2, -0.15) is 0 Å². The van der Waals surface area contributed by atoms with Crippen LogP contribution in [-0.2, 0) is 0 Å². The van der Waals surface area contributed by atoms with Crippen LogP contribution in [0.5, 0.6) is 0 Å². The standard InChI is InChI=1S/C22H20OS4/c1-2-3-4-5-6-7-15(23)19-12-20-22(27-19)14-11-17-13(10-18(14)26-20)21-16(25-17)8-9-24-21/h8-12H,2-7H2,1H3. The fourth-order valence-electron chi connectivity index (χ4n) is 3.68. The molecule has 1 nitrogen and oxygen atoms in total. The molecule has 0 aliphatic rings. The summed E-state index contributed by atoms with van der Waals surface area (Å²) in [5.41, 5.74) is 0. The van der Waals surface area contributed by atoms with E-state index in [4.69, 9.17) is 0 Å². The zero-order valence-corrected chi connectivity index (χ0v) is 18.4. The van der Waals surface area contributed by atoms with E-state index in [0.29, 0.717) is 12.2 Å². The van der Waals surface area contributed by atoms with Crippen molar-refractivity contribution < 1.29 is 4.79 Å². The number of thiophene rings is 4. The molecule has 0 saturated heterocycles. The minimum atomic E-state index is 0.325. The van der Waals surface area contributed by atoms with Gasteiger partial charge in [0.15, 0.2) is 5.78 Å². The zero-order valence-electron chi connectivity index (χ0n) is 15.2. The van der Waals surface area contributed by atoms with Crippen molar-refractivity contribution in [1.82, 2.24) is 0 Å². The molecule has 138 valence electrons. The van der Waals surface area contributed by atoms with Gasteiger partial charge in [-0.05, 0) is 36.1 Å². The molecule has 0 spiro atoms. The fraction of sp³-hybridized carbons (Fsp3) is 0.318. The molecule has 0 aliphatic carbocycles. The molecule has 0 bridgehead atoms. The number of benzene rings is 1. The molecule has 27 heavy (non-hydrogen) atoms. The third-order valence-electron chi connectivity index (χ3n) is 5.12. The Balaban J connectivity index is 1.46. The third kappa shape index (κ3) is 3.15. The maximum Gasteiger partial charge on any atom is 0.172 e. The first-order valence-electron chi connectivity index (χ1n) is 9.53. The van der Waals surface area contributed by atoms with Gasteiger partial charge in [0.05, 0.1) is 14.3 Å². The molecule has 5 rings (SSSR count). The van der Waals surface area contributed by atoms with E-state index in [1.165, 1.54) is 64.7 Å². The van der Waals surface area contributed by atoms with Crippen molar-refractivity contribution in [3.05, 3.63) is 34.5 Å². The van der Waals surface area contributed by atoms with Crippen molar-refractivity contribution in [2.75, 3.05) is 0 Å². The van der Waals surface area contributed by atoms with Crippen LogP contribution in [0.4, 0.5) is 0 Å². The molecular weight excluding hydrogens is 409 g/mol. The van der Waals surface area contributed by atoms with Crippen LogP contribution < -0.4 is 0 Å². The molecule has 0 N–H and O–H groups in total. The highest BCUT2D eigenvalue weighted by molar-refractivity contribution is 7.34. The first-order chi connectivity index (χ1) is 13.2. The van der Waals surface area contributed by atoms with E-state index < -0.39 is 0 Å². The minimum Gasteiger partial charge on any atom is -0.293 e. The molecule has 0 unspecified atom stereocenters. The van der Waals surface area contributed by atoms with Gasteiger partial charge in [0.2, 0.25) is 0 Å². The van der Waals surface area contributed by atoms with Gasteiger partial charge in [0.25, 0.3) is 0 Å². The van der Waals surface area contributed by atoms with Gasteiger partial charge in [-0.25, -0.2) is 0 Å². The van der Waals surface area contributed by atoms with Crippen LogP contribution in [0.1, 0.15) is 55.1 Å². The summed E-state index contributed by atoms with van der Waals surface area (Å²) in [5.74, 6) is 0.325. The van der Waals surface area contributed by atoms with Crippen molar-refractivity contribution in [2.45, 2.75) is 45.4 Å². The van der Waals surface area contributed by atoms with Crippen molar-refractivity contribution >= 4 is 90.1 Å². The Kier molecular flexibility index (Phi) is 4.80. The number of rotatable bonds is 7. The number of Topliss-reactive ketones (excluding diaryl/α,β-unsaturated/α-hetero) is 1. The smallest absolute Gasteiger partial charge is 0.172 e. The van der Waals surface area contributed by atoms with Gasteiger partial charge in [-0.3, -0.25) is 4.79 Å². The highest BCUT2D eigenvalue weighted by Crippen LogP contribution is 2.45. The fourth-order valence-corrected chi connectivity index (χ4v) is 8.45. The molecule has 0 amide bonds. The third-order valence-corrected chi connectivity index (χ3v) is 9.75. The van der Waals surface area contributed by atoms with Gasteiger partial charge in [0.1, 0.15) is 0 Å². The number of fused-ring (bicyclic) bond motifs is 6. The van der Waals surface area contributed by atoms with E-state index in [1.807, 2.05) is 34.0 Å². The Hall–Kier alpha value is -1.27. The Morgan fingerprint density at radius 3 is 2.37 bits per heavy atom. The Labute approximate surface area is 174 Å². The van der Waals surface area contributed by atoms with E-state index in [9.17, 15) is 4.79 Å². The molecule has 4 heterocycles. The van der Waals surface area contributed by atoms with Crippen molar-refractivity contribution in [3.8, 4) is 0 Å². The summed E-state index contributed by atoms with van der Waals surface area (Å²) in [7, 11) is 0. The monoisotopic (exact) mass is 428 g/mol. The van der Waals surface area contributed by atoms with Crippen LogP contribution in [0, 0.1) is 0 Å². The Morgan fingerprint density at radius 2 is 1.56 bits per heavy atom. The number of carbonyl (C=O) groups is 1. The molecule has 0 saturated carbocycles. The predicted molar refractivity (Wildman–Crippen MR) is 126 cm³/mol. The normalized spacial score (nSPS) is 12.2. The molecule has 0 fully saturated rings. The highest BCUT2D eigenvalue weighted by atomic mass is 32.1. The summed E-state index contributed by atoms with van der Waals surface area (Å²) >= 11 is 7.24. The lowest BCUT2D eigenvalue weighted by molar-refractivity contribution is 0.0983. The van der Waals surface area contributed by atoms with Crippen LogP contribution in [0.3, 0.4) is 0 Å². The second kappa shape index (κ2) is 7.28. The van der Waals surface area contributed by atoms with Crippen LogP contribution in [-0.4, -0.2) is 5.78 Å². The lowest BCUT2D eigenvalue weighted by Gasteiger charge is -1.99. The van der Waals surface area contributed by atoms with Crippen LogP contribution in [0.2, 0.25) is 0 Å². The zero-order chi connectivity index (χ0) is 18.4. The average Bonchev–Trinajstić information content (AvgIpc) is 3.39.